The molecule has 0 unspecified atom stereocenters. The molecule has 1 aliphatic heterocycles. The number of rotatable bonds is 4. The Morgan fingerprint density at radius 2 is 2.12 bits per heavy atom. The molecular weight excluding hydrogens is 320 g/mol. The summed E-state index contributed by atoms with van der Waals surface area (Å²) in [6.07, 6.45) is 7.49. The van der Waals surface area contributed by atoms with Crippen LogP contribution < -0.4 is 0 Å². The molecule has 5 nitrogen and oxygen atoms in total. The van der Waals surface area contributed by atoms with Crippen LogP contribution in [0.2, 0.25) is 0 Å². The number of thiazole rings is 1. The van der Waals surface area contributed by atoms with Gasteiger partial charge in [0.25, 0.3) is 5.91 Å². The van der Waals surface area contributed by atoms with E-state index in [0.29, 0.717) is 4.88 Å². The molecule has 0 N–H and O–H groups in total. The van der Waals surface area contributed by atoms with E-state index in [2.05, 4.69) is 10.1 Å². The fourth-order valence-corrected chi connectivity index (χ4v) is 4.02. The van der Waals surface area contributed by atoms with Gasteiger partial charge in [-0.05, 0) is 18.9 Å². The van der Waals surface area contributed by atoms with Gasteiger partial charge in [0, 0.05) is 24.5 Å². The smallest absolute Gasteiger partial charge is 0.265 e. The maximum absolute atomic E-state index is 12.9. The molecule has 1 atom stereocenters. The van der Waals surface area contributed by atoms with Crippen molar-refractivity contribution in [2.24, 2.45) is 0 Å². The van der Waals surface area contributed by atoms with Crippen molar-refractivity contribution in [3.05, 3.63) is 59.9 Å². The Morgan fingerprint density at radius 3 is 2.92 bits per heavy atom. The van der Waals surface area contributed by atoms with Crippen LogP contribution >= 0.6 is 11.3 Å². The third kappa shape index (κ3) is 2.97. The molecule has 2 aromatic heterocycles. The van der Waals surface area contributed by atoms with Crippen molar-refractivity contribution in [1.29, 1.82) is 0 Å². The lowest BCUT2D eigenvalue weighted by Crippen LogP contribution is -2.37. The molecule has 3 aromatic rings. The maximum Gasteiger partial charge on any atom is 0.265 e. The van der Waals surface area contributed by atoms with Gasteiger partial charge in [0.15, 0.2) is 0 Å². The molecule has 4 rings (SSSR count). The van der Waals surface area contributed by atoms with Crippen molar-refractivity contribution >= 4 is 17.2 Å². The van der Waals surface area contributed by atoms with Crippen LogP contribution in [0.1, 0.15) is 22.5 Å². The molecule has 0 saturated carbocycles. The normalized spacial score (nSPS) is 17.3. The van der Waals surface area contributed by atoms with Gasteiger partial charge in [-0.25, -0.2) is 4.98 Å². The lowest BCUT2D eigenvalue weighted by atomic mass is 10.2. The van der Waals surface area contributed by atoms with E-state index in [9.17, 15) is 4.79 Å². The number of hydrogen-bond donors (Lipinski definition) is 0. The summed E-state index contributed by atoms with van der Waals surface area (Å²) in [5.41, 5.74) is 1.05. The number of hydrogen-bond acceptors (Lipinski definition) is 4. The highest BCUT2D eigenvalue weighted by Gasteiger charge is 2.30. The molecule has 0 aliphatic carbocycles. The quantitative estimate of drug-likeness (QED) is 0.733. The first-order valence-electron chi connectivity index (χ1n) is 8.11. The molecule has 3 heterocycles. The molecule has 1 fully saturated rings. The molecule has 0 bridgehead atoms. The van der Waals surface area contributed by atoms with E-state index in [1.807, 2.05) is 52.2 Å². The molecule has 0 radical (unpaired) electrons. The van der Waals surface area contributed by atoms with Crippen LogP contribution in [0.15, 0.2) is 55.0 Å². The average molecular weight is 338 g/mol. The number of benzene rings is 1. The van der Waals surface area contributed by atoms with Crippen molar-refractivity contribution in [2.45, 2.75) is 25.4 Å². The number of aromatic nitrogens is 3. The van der Waals surface area contributed by atoms with Gasteiger partial charge < -0.3 is 4.90 Å². The van der Waals surface area contributed by atoms with Crippen LogP contribution in [-0.2, 0) is 6.54 Å². The van der Waals surface area contributed by atoms with E-state index in [4.69, 9.17) is 0 Å². The first-order valence-corrected chi connectivity index (χ1v) is 8.92. The Balaban J connectivity index is 1.52. The van der Waals surface area contributed by atoms with Gasteiger partial charge in [-0.3, -0.25) is 9.48 Å². The zero-order valence-corrected chi connectivity index (χ0v) is 14.0. The summed E-state index contributed by atoms with van der Waals surface area (Å²) in [6, 6.07) is 12.1. The Bertz CT molecular complexity index is 813. The summed E-state index contributed by atoms with van der Waals surface area (Å²) >= 11 is 1.47. The lowest BCUT2D eigenvalue weighted by Gasteiger charge is -2.24. The van der Waals surface area contributed by atoms with Crippen LogP contribution in [-0.4, -0.2) is 38.2 Å². The third-order valence-corrected chi connectivity index (χ3v) is 5.37. The topological polar surface area (TPSA) is 51.0 Å². The number of nitrogens with zero attached hydrogens (tertiary/aromatic N) is 4. The molecular formula is C18H18N4OS. The van der Waals surface area contributed by atoms with Crippen molar-refractivity contribution < 1.29 is 4.79 Å². The number of carbonyl (C=O) groups is 1. The van der Waals surface area contributed by atoms with Gasteiger partial charge in [-0.1, -0.05) is 30.3 Å². The summed E-state index contributed by atoms with van der Waals surface area (Å²) in [5.74, 6) is 0.0873. The SMILES string of the molecule is O=C(c1cnc(-c2ccccc2)s1)N1CCC[C@H]1Cn1cccn1. The first kappa shape index (κ1) is 15.1. The van der Waals surface area contributed by atoms with Gasteiger partial charge >= 0.3 is 0 Å². The molecule has 0 spiro atoms. The highest BCUT2D eigenvalue weighted by atomic mass is 32.1. The average Bonchev–Trinajstić information content (AvgIpc) is 3.37. The van der Waals surface area contributed by atoms with Gasteiger partial charge in [0.05, 0.1) is 18.8 Å². The van der Waals surface area contributed by atoms with Crippen LogP contribution in [0.3, 0.4) is 0 Å². The fourth-order valence-electron chi connectivity index (χ4n) is 3.15. The van der Waals surface area contributed by atoms with Crippen molar-refractivity contribution in [3.63, 3.8) is 0 Å². The van der Waals surface area contributed by atoms with E-state index in [-0.39, 0.29) is 11.9 Å². The molecule has 1 amide bonds. The van der Waals surface area contributed by atoms with E-state index in [1.54, 1.807) is 12.4 Å². The second-order valence-corrected chi connectivity index (χ2v) is 6.95. The largest absolute Gasteiger partial charge is 0.333 e. The predicted molar refractivity (Wildman–Crippen MR) is 93.8 cm³/mol. The van der Waals surface area contributed by atoms with E-state index in [0.717, 1.165) is 36.5 Å². The molecule has 6 heteroatoms. The molecule has 122 valence electrons. The van der Waals surface area contributed by atoms with Crippen LogP contribution in [0, 0.1) is 0 Å². The Hall–Kier alpha value is -2.47. The Kier molecular flexibility index (Phi) is 4.13. The van der Waals surface area contributed by atoms with Crippen LogP contribution in [0.5, 0.6) is 0 Å². The van der Waals surface area contributed by atoms with E-state index >= 15 is 0 Å². The second-order valence-electron chi connectivity index (χ2n) is 5.92. The number of likely N-dealkylation sites (tertiary alicyclic amines) is 1. The minimum absolute atomic E-state index is 0.0873. The third-order valence-electron chi connectivity index (χ3n) is 4.33. The minimum atomic E-state index is 0.0873. The maximum atomic E-state index is 12.9. The standard InChI is InChI=1S/C18H18N4OS/c23-18(16-12-19-17(24-16)14-6-2-1-3-7-14)22-11-4-8-15(22)13-21-10-5-9-20-21/h1-3,5-7,9-10,12,15H,4,8,11,13H2/t15-/m0/s1. The summed E-state index contributed by atoms with van der Waals surface area (Å²) in [6.45, 7) is 1.56. The summed E-state index contributed by atoms with van der Waals surface area (Å²) in [4.78, 5) is 20.0. The predicted octanol–water partition coefficient (Wildman–Crippen LogP) is 3.31. The summed E-state index contributed by atoms with van der Waals surface area (Å²) in [5, 5.41) is 5.15. The van der Waals surface area contributed by atoms with Crippen molar-refractivity contribution in [1.82, 2.24) is 19.7 Å². The van der Waals surface area contributed by atoms with Gasteiger partial charge in [0.2, 0.25) is 0 Å². The zero-order chi connectivity index (χ0) is 16.4. The molecule has 1 aliphatic rings. The molecule has 1 saturated heterocycles. The zero-order valence-electron chi connectivity index (χ0n) is 13.2. The Labute approximate surface area is 144 Å². The number of carbonyl (C=O) groups excluding carboxylic acids is 1. The highest BCUT2D eigenvalue weighted by molar-refractivity contribution is 7.16. The van der Waals surface area contributed by atoms with E-state index < -0.39 is 0 Å². The van der Waals surface area contributed by atoms with Gasteiger partial charge in [-0.15, -0.1) is 11.3 Å². The van der Waals surface area contributed by atoms with E-state index in [1.165, 1.54) is 11.3 Å². The van der Waals surface area contributed by atoms with Gasteiger partial charge in [0.1, 0.15) is 9.88 Å². The molecule has 24 heavy (non-hydrogen) atoms. The molecule has 1 aromatic carbocycles. The van der Waals surface area contributed by atoms with Gasteiger partial charge in [-0.2, -0.15) is 5.10 Å². The van der Waals surface area contributed by atoms with Crippen LogP contribution in [0.25, 0.3) is 10.6 Å². The Morgan fingerprint density at radius 1 is 1.25 bits per heavy atom. The monoisotopic (exact) mass is 338 g/mol. The summed E-state index contributed by atoms with van der Waals surface area (Å²) in [7, 11) is 0. The second kappa shape index (κ2) is 6.57. The van der Waals surface area contributed by atoms with Crippen molar-refractivity contribution in [2.75, 3.05) is 6.54 Å². The highest BCUT2D eigenvalue weighted by Crippen LogP contribution is 2.28. The lowest BCUT2D eigenvalue weighted by molar-refractivity contribution is 0.0726. The summed E-state index contributed by atoms with van der Waals surface area (Å²) < 4.78 is 1.90. The minimum Gasteiger partial charge on any atom is -0.333 e. The first-order chi connectivity index (χ1) is 11.8. The fraction of sp³-hybridized carbons (Fsp3) is 0.278. The van der Waals surface area contributed by atoms with Crippen LogP contribution in [0.4, 0.5) is 0 Å². The van der Waals surface area contributed by atoms with Crippen molar-refractivity contribution in [3.8, 4) is 10.6 Å². The number of amides is 1.